The number of hydrogen-bond donors (Lipinski definition) is 2. The molecule has 10 heteroatoms. The second-order valence-corrected chi connectivity index (χ2v) is 8.79. The average Bonchev–Trinajstić information content (AvgIpc) is 3.34. The van der Waals surface area contributed by atoms with Crippen LogP contribution in [0, 0.1) is 5.82 Å². The number of ether oxygens (including phenoxy) is 2. The lowest BCUT2D eigenvalue weighted by molar-refractivity contribution is -0.114. The summed E-state index contributed by atoms with van der Waals surface area (Å²) < 4.78 is 24.9. The highest BCUT2D eigenvalue weighted by Gasteiger charge is 2.27. The minimum Gasteiger partial charge on any atom is -0.486 e. The van der Waals surface area contributed by atoms with Crippen LogP contribution in [-0.2, 0) is 4.79 Å². The van der Waals surface area contributed by atoms with Crippen molar-refractivity contribution < 1.29 is 23.5 Å². The number of nitrogens with two attached hydrogens (primary N) is 1. The highest BCUT2D eigenvalue weighted by molar-refractivity contribution is 7.13. The molecule has 2 amide bonds. The first kappa shape index (κ1) is 23.3. The number of hydrogen-bond acceptors (Lipinski definition) is 7. The molecule has 36 heavy (non-hydrogen) atoms. The number of aromatic nitrogens is 1. The number of halogens is 1. The number of nitrogens with zero attached hydrogens (tertiary/aromatic N) is 2. The third-order valence-corrected chi connectivity index (χ3v) is 6.13. The summed E-state index contributed by atoms with van der Waals surface area (Å²) in [5.74, 6) is -0.517. The maximum atomic E-state index is 13.5. The van der Waals surface area contributed by atoms with Gasteiger partial charge in [-0.1, -0.05) is 18.2 Å². The second kappa shape index (κ2) is 10.0. The molecule has 1 aromatic heterocycles. The van der Waals surface area contributed by atoms with Crippen molar-refractivity contribution in [1.29, 1.82) is 0 Å². The van der Waals surface area contributed by atoms with Crippen LogP contribution in [-0.4, -0.2) is 36.6 Å². The van der Waals surface area contributed by atoms with Crippen LogP contribution in [0.1, 0.15) is 10.4 Å². The molecular weight excluding hydrogens is 483 g/mol. The van der Waals surface area contributed by atoms with E-state index in [0.717, 1.165) is 11.3 Å². The van der Waals surface area contributed by atoms with Crippen molar-refractivity contribution in [1.82, 2.24) is 4.98 Å². The monoisotopic (exact) mass is 504 g/mol. The van der Waals surface area contributed by atoms with E-state index >= 15 is 0 Å². The minimum atomic E-state index is -0.482. The number of para-hydroxylation sites is 1. The fourth-order valence-corrected chi connectivity index (χ4v) is 4.35. The van der Waals surface area contributed by atoms with Gasteiger partial charge in [0.25, 0.3) is 5.91 Å². The SMILES string of the molecule is Nc1nc(-c2ccc(NC(=O)CN(C(=O)c3ccc(F)cc3)c3cccc4c3OCCO4)cc2)cs1. The number of nitrogens with one attached hydrogen (secondary N) is 1. The number of amides is 2. The minimum absolute atomic E-state index is 0.227. The molecule has 0 fully saturated rings. The summed E-state index contributed by atoms with van der Waals surface area (Å²) in [5.41, 5.74) is 8.48. The molecule has 0 saturated heterocycles. The second-order valence-electron chi connectivity index (χ2n) is 7.90. The number of nitrogen functional groups attached to an aromatic ring is 1. The highest BCUT2D eigenvalue weighted by Crippen LogP contribution is 2.40. The molecule has 0 aliphatic carbocycles. The lowest BCUT2D eigenvalue weighted by Crippen LogP contribution is -2.38. The van der Waals surface area contributed by atoms with Gasteiger partial charge in [-0.25, -0.2) is 9.37 Å². The maximum absolute atomic E-state index is 13.5. The largest absolute Gasteiger partial charge is 0.486 e. The molecule has 8 nitrogen and oxygen atoms in total. The van der Waals surface area contributed by atoms with Crippen molar-refractivity contribution in [3.05, 3.63) is 83.5 Å². The summed E-state index contributed by atoms with van der Waals surface area (Å²) in [4.78, 5) is 32.0. The lowest BCUT2D eigenvalue weighted by atomic mass is 10.1. The van der Waals surface area contributed by atoms with Gasteiger partial charge < -0.3 is 20.5 Å². The normalized spacial score (nSPS) is 12.1. The number of fused-ring (bicyclic) bond motifs is 1. The molecule has 5 rings (SSSR count). The predicted molar refractivity (Wildman–Crippen MR) is 136 cm³/mol. The average molecular weight is 505 g/mol. The lowest BCUT2D eigenvalue weighted by Gasteiger charge is -2.28. The van der Waals surface area contributed by atoms with E-state index in [2.05, 4.69) is 10.3 Å². The Labute approximate surface area is 210 Å². The van der Waals surface area contributed by atoms with Gasteiger partial charge in [-0.2, -0.15) is 0 Å². The Balaban J connectivity index is 1.39. The van der Waals surface area contributed by atoms with Gasteiger partial charge >= 0.3 is 0 Å². The van der Waals surface area contributed by atoms with Gasteiger partial charge in [-0.15, -0.1) is 11.3 Å². The number of thiazole rings is 1. The molecule has 0 saturated carbocycles. The number of benzene rings is 3. The topological polar surface area (TPSA) is 107 Å². The smallest absolute Gasteiger partial charge is 0.258 e. The first-order valence-electron chi connectivity index (χ1n) is 11.1. The Kier molecular flexibility index (Phi) is 6.50. The maximum Gasteiger partial charge on any atom is 0.258 e. The van der Waals surface area contributed by atoms with Crippen LogP contribution in [0.3, 0.4) is 0 Å². The summed E-state index contributed by atoms with van der Waals surface area (Å²) in [7, 11) is 0. The van der Waals surface area contributed by atoms with Gasteiger partial charge in [0, 0.05) is 22.2 Å². The van der Waals surface area contributed by atoms with Gasteiger partial charge in [-0.3, -0.25) is 14.5 Å². The van der Waals surface area contributed by atoms with E-state index < -0.39 is 17.6 Å². The van der Waals surface area contributed by atoms with E-state index in [1.165, 1.54) is 40.5 Å². The van der Waals surface area contributed by atoms with Gasteiger partial charge in [0.05, 0.1) is 11.4 Å². The summed E-state index contributed by atoms with van der Waals surface area (Å²) >= 11 is 1.35. The number of carbonyl (C=O) groups is 2. The summed E-state index contributed by atoms with van der Waals surface area (Å²) in [6.45, 7) is 0.387. The van der Waals surface area contributed by atoms with E-state index in [0.29, 0.717) is 41.2 Å². The number of carbonyl (C=O) groups excluding carboxylic acids is 2. The summed E-state index contributed by atoms with van der Waals surface area (Å²) in [6, 6.07) is 17.4. The molecule has 3 N–H and O–H groups in total. The van der Waals surface area contributed by atoms with Crippen LogP contribution in [0.5, 0.6) is 11.5 Å². The molecule has 0 unspecified atom stereocenters. The third-order valence-electron chi connectivity index (χ3n) is 5.46. The fourth-order valence-electron chi connectivity index (χ4n) is 3.77. The van der Waals surface area contributed by atoms with Crippen molar-refractivity contribution in [2.24, 2.45) is 0 Å². The van der Waals surface area contributed by atoms with Crippen molar-refractivity contribution in [2.75, 3.05) is 35.7 Å². The number of anilines is 3. The van der Waals surface area contributed by atoms with Gasteiger partial charge in [0.15, 0.2) is 16.6 Å². The van der Waals surface area contributed by atoms with E-state index in [1.54, 1.807) is 30.3 Å². The van der Waals surface area contributed by atoms with Crippen LogP contribution in [0.25, 0.3) is 11.3 Å². The Morgan fingerprint density at radius 1 is 1.03 bits per heavy atom. The predicted octanol–water partition coefficient (Wildman–Crippen LogP) is 4.59. The van der Waals surface area contributed by atoms with Crippen molar-refractivity contribution in [3.8, 4) is 22.8 Å². The zero-order valence-corrected chi connectivity index (χ0v) is 19.8. The van der Waals surface area contributed by atoms with E-state index in [9.17, 15) is 14.0 Å². The molecule has 3 aromatic carbocycles. The Morgan fingerprint density at radius 2 is 1.78 bits per heavy atom. The molecule has 2 heterocycles. The standard InChI is InChI=1S/C26H21FN4O4S/c27-18-8-4-17(5-9-18)25(33)31(21-2-1-3-22-24(21)35-13-12-34-22)14-23(32)29-19-10-6-16(7-11-19)20-15-36-26(28)30-20/h1-11,15H,12-14H2,(H2,28,30)(H,29,32). The summed E-state index contributed by atoms with van der Waals surface area (Å²) in [5, 5.41) is 5.15. The molecule has 4 aromatic rings. The molecule has 0 bridgehead atoms. The van der Waals surface area contributed by atoms with Crippen LogP contribution < -0.4 is 25.4 Å². The Morgan fingerprint density at radius 3 is 2.50 bits per heavy atom. The molecule has 0 radical (unpaired) electrons. The van der Waals surface area contributed by atoms with Gasteiger partial charge in [-0.05, 0) is 48.5 Å². The third kappa shape index (κ3) is 4.98. The Bertz CT molecular complexity index is 1410. The Hall–Kier alpha value is -4.44. The quantitative estimate of drug-likeness (QED) is 0.398. The van der Waals surface area contributed by atoms with Crippen molar-refractivity contribution >= 4 is 39.7 Å². The fraction of sp³-hybridized carbons (Fsp3) is 0.115. The van der Waals surface area contributed by atoms with Gasteiger partial charge in [0.1, 0.15) is 25.6 Å². The molecule has 1 aliphatic heterocycles. The highest BCUT2D eigenvalue weighted by atomic mass is 32.1. The zero-order valence-electron chi connectivity index (χ0n) is 18.9. The first-order chi connectivity index (χ1) is 17.5. The van der Waals surface area contributed by atoms with Crippen LogP contribution in [0.15, 0.2) is 72.1 Å². The van der Waals surface area contributed by atoms with Crippen LogP contribution in [0.4, 0.5) is 20.9 Å². The molecule has 0 spiro atoms. The molecule has 1 aliphatic rings. The zero-order chi connectivity index (χ0) is 25.1. The summed E-state index contributed by atoms with van der Waals surface area (Å²) in [6.07, 6.45) is 0. The molecule has 182 valence electrons. The number of rotatable bonds is 6. The molecular formula is C26H21FN4O4S. The van der Waals surface area contributed by atoms with Crippen molar-refractivity contribution in [3.63, 3.8) is 0 Å². The van der Waals surface area contributed by atoms with E-state index in [4.69, 9.17) is 15.2 Å². The molecule has 0 atom stereocenters. The van der Waals surface area contributed by atoms with Crippen LogP contribution >= 0.6 is 11.3 Å². The van der Waals surface area contributed by atoms with E-state index in [-0.39, 0.29) is 12.1 Å². The van der Waals surface area contributed by atoms with Gasteiger partial charge in [0.2, 0.25) is 5.91 Å². The van der Waals surface area contributed by atoms with Crippen molar-refractivity contribution in [2.45, 2.75) is 0 Å². The first-order valence-corrected chi connectivity index (χ1v) is 11.9. The van der Waals surface area contributed by atoms with E-state index in [1.807, 2.05) is 17.5 Å². The van der Waals surface area contributed by atoms with Crippen LogP contribution in [0.2, 0.25) is 0 Å².